The summed E-state index contributed by atoms with van der Waals surface area (Å²) in [5.74, 6) is -3.44. The molecule has 1 saturated heterocycles. The second-order valence-corrected chi connectivity index (χ2v) is 8.13. The van der Waals surface area contributed by atoms with Gasteiger partial charge in [0.15, 0.2) is 21.3 Å². The Bertz CT molecular complexity index is 817. The molecule has 0 unspecified atom stereocenters. The van der Waals surface area contributed by atoms with Crippen molar-refractivity contribution in [3.05, 3.63) is 11.3 Å². The maximum absolute atomic E-state index is 12.8. The van der Waals surface area contributed by atoms with E-state index in [-0.39, 0.29) is 11.3 Å². The van der Waals surface area contributed by atoms with Gasteiger partial charge in [-0.1, -0.05) is 0 Å². The van der Waals surface area contributed by atoms with E-state index in [0.29, 0.717) is 0 Å². The van der Waals surface area contributed by atoms with Gasteiger partial charge in [-0.3, -0.25) is 24.1 Å². The highest BCUT2D eigenvalue weighted by Crippen LogP contribution is 2.38. The monoisotopic (exact) mass is 404 g/mol. The predicted octanol–water partition coefficient (Wildman–Crippen LogP) is -1.95. The Morgan fingerprint density at radius 3 is 2.41 bits per heavy atom. The van der Waals surface area contributed by atoms with Crippen LogP contribution in [0.25, 0.3) is 0 Å². The summed E-state index contributed by atoms with van der Waals surface area (Å²) in [6.45, 7) is 0.240. The molecule has 2 rings (SSSR count). The molecular weight excluding hydrogens is 384 g/mol. The third-order valence-electron chi connectivity index (χ3n) is 4.16. The minimum atomic E-state index is -3.87. The molecular formula is C15H20N2O9S. The molecule has 0 aromatic rings. The van der Waals surface area contributed by atoms with Crippen molar-refractivity contribution >= 4 is 33.6 Å². The Labute approximate surface area is 155 Å². The molecule has 0 bridgehead atoms. The van der Waals surface area contributed by atoms with Crippen LogP contribution in [-0.4, -0.2) is 93.6 Å². The van der Waals surface area contributed by atoms with Gasteiger partial charge >= 0.3 is 11.9 Å². The smallest absolute Gasteiger partial charge is 0.325 e. The number of methoxy groups -OCH3 is 2. The van der Waals surface area contributed by atoms with Gasteiger partial charge in [-0.25, -0.2) is 8.42 Å². The lowest BCUT2D eigenvalue weighted by Gasteiger charge is -2.49. The Morgan fingerprint density at radius 1 is 1.26 bits per heavy atom. The molecule has 0 aromatic carbocycles. The minimum absolute atomic E-state index is 0.0499. The first-order valence-corrected chi connectivity index (χ1v) is 9.51. The molecule has 2 heterocycles. The van der Waals surface area contributed by atoms with Gasteiger partial charge in [0.1, 0.15) is 18.8 Å². The van der Waals surface area contributed by atoms with E-state index < -0.39 is 64.0 Å². The summed E-state index contributed by atoms with van der Waals surface area (Å²) in [7, 11) is -0.226. The maximum atomic E-state index is 12.8. The Morgan fingerprint density at radius 2 is 1.89 bits per heavy atom. The SMILES string of the molecule is COC(=O)CN(C)C(=O)C1=C(COC(C)=O)CS(=O)(=O)[C@@H]2[C@@H](OC)C(=O)N12. The van der Waals surface area contributed by atoms with Gasteiger partial charge in [0.25, 0.3) is 11.8 Å². The van der Waals surface area contributed by atoms with Crippen molar-refractivity contribution in [1.82, 2.24) is 9.80 Å². The van der Waals surface area contributed by atoms with Crippen molar-refractivity contribution < 1.29 is 41.8 Å². The molecule has 0 aromatic heterocycles. The van der Waals surface area contributed by atoms with Gasteiger partial charge in [-0.15, -0.1) is 0 Å². The molecule has 2 amide bonds. The maximum Gasteiger partial charge on any atom is 0.325 e. The van der Waals surface area contributed by atoms with Crippen molar-refractivity contribution in [2.24, 2.45) is 0 Å². The third kappa shape index (κ3) is 3.81. The zero-order chi connectivity index (χ0) is 20.5. The summed E-state index contributed by atoms with van der Waals surface area (Å²) in [6, 6.07) is 0. The second-order valence-electron chi connectivity index (χ2n) is 6.03. The van der Waals surface area contributed by atoms with Crippen LogP contribution < -0.4 is 0 Å². The van der Waals surface area contributed by atoms with Gasteiger partial charge in [0, 0.05) is 26.7 Å². The number of likely N-dealkylation sites (N-methyl/N-ethyl adjacent to an activating group) is 1. The topological polar surface area (TPSA) is 137 Å². The van der Waals surface area contributed by atoms with Gasteiger partial charge < -0.3 is 19.1 Å². The lowest BCUT2D eigenvalue weighted by Crippen LogP contribution is -2.71. The average molecular weight is 404 g/mol. The van der Waals surface area contributed by atoms with E-state index in [2.05, 4.69) is 4.74 Å². The fourth-order valence-electron chi connectivity index (χ4n) is 2.87. The van der Waals surface area contributed by atoms with Crippen molar-refractivity contribution in [3.63, 3.8) is 0 Å². The van der Waals surface area contributed by atoms with Crippen LogP contribution in [0.15, 0.2) is 11.3 Å². The largest absolute Gasteiger partial charge is 0.468 e. The highest BCUT2D eigenvalue weighted by molar-refractivity contribution is 7.92. The van der Waals surface area contributed by atoms with Crippen LogP contribution in [0.2, 0.25) is 0 Å². The predicted molar refractivity (Wildman–Crippen MR) is 88.5 cm³/mol. The quantitative estimate of drug-likeness (QED) is 0.365. The van der Waals surface area contributed by atoms with Crippen molar-refractivity contribution in [2.75, 3.05) is 40.2 Å². The summed E-state index contributed by atoms with van der Waals surface area (Å²) in [6.07, 6.45) is -1.22. The van der Waals surface area contributed by atoms with Crippen LogP contribution in [0.5, 0.6) is 0 Å². The fraction of sp³-hybridized carbons (Fsp3) is 0.600. The fourth-order valence-corrected chi connectivity index (χ4v) is 4.88. The van der Waals surface area contributed by atoms with Crippen LogP contribution in [0.4, 0.5) is 0 Å². The van der Waals surface area contributed by atoms with Crippen LogP contribution in [0.1, 0.15) is 6.92 Å². The van der Waals surface area contributed by atoms with E-state index in [1.807, 2.05) is 0 Å². The van der Waals surface area contributed by atoms with Crippen LogP contribution in [0.3, 0.4) is 0 Å². The second kappa shape index (κ2) is 7.64. The number of fused-ring (bicyclic) bond motifs is 1. The molecule has 0 radical (unpaired) electrons. The van der Waals surface area contributed by atoms with Crippen molar-refractivity contribution in [3.8, 4) is 0 Å². The molecule has 0 aliphatic carbocycles. The summed E-state index contributed by atoms with van der Waals surface area (Å²) in [5.41, 5.74) is -0.285. The molecule has 0 N–H and O–H groups in total. The molecule has 150 valence electrons. The molecule has 27 heavy (non-hydrogen) atoms. The number of ether oxygens (including phenoxy) is 3. The minimum Gasteiger partial charge on any atom is -0.468 e. The van der Waals surface area contributed by atoms with Gasteiger partial charge in [-0.2, -0.15) is 0 Å². The normalized spacial score (nSPS) is 23.3. The average Bonchev–Trinajstić information content (AvgIpc) is 2.59. The lowest BCUT2D eigenvalue weighted by atomic mass is 10.0. The van der Waals surface area contributed by atoms with Crippen molar-refractivity contribution in [2.45, 2.75) is 18.4 Å². The Balaban J connectivity index is 2.47. The van der Waals surface area contributed by atoms with E-state index in [0.717, 1.165) is 23.8 Å². The number of β-lactam (4-membered cyclic amide) rings is 1. The number of sulfone groups is 1. The molecule has 0 saturated carbocycles. The van der Waals surface area contributed by atoms with Crippen LogP contribution in [0, 0.1) is 0 Å². The van der Waals surface area contributed by atoms with E-state index in [1.54, 1.807) is 0 Å². The summed E-state index contributed by atoms with van der Waals surface area (Å²) < 4.78 is 39.3. The standard InChI is InChI=1S/C15H20N2O9S/c1-8(18)26-6-9-7-27(22,23)15-12(25-4)14(21)17(15)11(9)13(20)16(2)5-10(19)24-3/h12,15H,5-7H2,1-4H3/t12-,15+/m0/s1. The number of carbonyl (C=O) groups is 4. The first-order chi connectivity index (χ1) is 12.5. The molecule has 1 fully saturated rings. The molecule has 2 atom stereocenters. The summed E-state index contributed by atoms with van der Waals surface area (Å²) >= 11 is 0. The zero-order valence-electron chi connectivity index (χ0n) is 15.3. The van der Waals surface area contributed by atoms with E-state index in [9.17, 15) is 27.6 Å². The Hall–Kier alpha value is -2.47. The molecule has 0 spiro atoms. The number of hydrogen-bond acceptors (Lipinski definition) is 9. The van der Waals surface area contributed by atoms with E-state index >= 15 is 0 Å². The number of nitrogens with zero attached hydrogens (tertiary/aromatic N) is 2. The first-order valence-electron chi connectivity index (χ1n) is 7.80. The summed E-state index contributed by atoms with van der Waals surface area (Å²) in [5, 5.41) is -1.35. The first kappa shape index (κ1) is 20.8. The van der Waals surface area contributed by atoms with Crippen LogP contribution >= 0.6 is 0 Å². The number of rotatable bonds is 6. The zero-order valence-corrected chi connectivity index (χ0v) is 16.1. The van der Waals surface area contributed by atoms with Crippen molar-refractivity contribution in [1.29, 1.82) is 0 Å². The lowest BCUT2D eigenvalue weighted by molar-refractivity contribution is -0.162. The van der Waals surface area contributed by atoms with Crippen LogP contribution in [-0.2, 0) is 43.2 Å². The van der Waals surface area contributed by atoms with Gasteiger partial charge in [0.05, 0.1) is 12.9 Å². The number of esters is 2. The third-order valence-corrected chi connectivity index (χ3v) is 6.10. The molecule has 12 heteroatoms. The highest BCUT2D eigenvalue weighted by Gasteiger charge is 2.60. The number of carbonyl (C=O) groups excluding carboxylic acids is 4. The van der Waals surface area contributed by atoms with Gasteiger partial charge in [0.2, 0.25) is 0 Å². The molecule has 2 aliphatic rings. The highest BCUT2D eigenvalue weighted by atomic mass is 32.2. The van der Waals surface area contributed by atoms with Gasteiger partial charge in [-0.05, 0) is 0 Å². The van der Waals surface area contributed by atoms with E-state index in [1.165, 1.54) is 14.2 Å². The molecule has 11 nitrogen and oxygen atoms in total. The summed E-state index contributed by atoms with van der Waals surface area (Å²) in [4.78, 5) is 49.5. The Kier molecular flexibility index (Phi) is 5.90. The number of amides is 2. The number of hydrogen-bond donors (Lipinski definition) is 0. The van der Waals surface area contributed by atoms with E-state index in [4.69, 9.17) is 9.47 Å². The molecule has 2 aliphatic heterocycles.